The quantitative estimate of drug-likeness (QED) is 0.634. The highest BCUT2D eigenvalue weighted by Crippen LogP contribution is 2.26. The third-order valence-corrected chi connectivity index (χ3v) is 4.20. The van der Waals surface area contributed by atoms with Gasteiger partial charge in [0.2, 0.25) is 0 Å². The minimum absolute atomic E-state index is 0.222. The van der Waals surface area contributed by atoms with Crippen LogP contribution >= 0.6 is 11.6 Å². The first-order chi connectivity index (χ1) is 13.2. The predicted molar refractivity (Wildman–Crippen MR) is 108 cm³/mol. The summed E-state index contributed by atoms with van der Waals surface area (Å²) in [6.07, 6.45) is 2.30. The molecular formula is C21H20ClN3O2. The Labute approximate surface area is 163 Å². The number of aromatic nitrogens is 1. The van der Waals surface area contributed by atoms with E-state index in [0.29, 0.717) is 23.7 Å². The lowest BCUT2D eigenvalue weighted by atomic mass is 10.1. The van der Waals surface area contributed by atoms with Crippen molar-refractivity contribution in [2.24, 2.45) is 0 Å². The van der Waals surface area contributed by atoms with Crippen LogP contribution in [0.15, 0.2) is 66.9 Å². The van der Waals surface area contributed by atoms with Gasteiger partial charge in [0.15, 0.2) is 0 Å². The van der Waals surface area contributed by atoms with Crippen molar-refractivity contribution in [1.29, 1.82) is 0 Å². The summed E-state index contributed by atoms with van der Waals surface area (Å²) < 4.78 is 5.33. The highest BCUT2D eigenvalue weighted by Gasteiger charge is 2.09. The van der Waals surface area contributed by atoms with Crippen molar-refractivity contribution < 1.29 is 9.53 Å². The van der Waals surface area contributed by atoms with Crippen LogP contribution in [0.4, 0.5) is 11.4 Å². The van der Waals surface area contributed by atoms with Gasteiger partial charge in [-0.15, -0.1) is 0 Å². The number of halogens is 1. The largest absolute Gasteiger partial charge is 0.495 e. The summed E-state index contributed by atoms with van der Waals surface area (Å²) in [5.74, 6) is 0.502. The number of hydrogen-bond acceptors (Lipinski definition) is 4. The lowest BCUT2D eigenvalue weighted by Crippen LogP contribution is -2.26. The van der Waals surface area contributed by atoms with Gasteiger partial charge in [-0.3, -0.25) is 9.78 Å². The molecule has 0 radical (unpaired) electrons. The number of nitrogens with one attached hydrogen (secondary N) is 2. The number of ether oxygens (including phenoxy) is 1. The molecule has 2 aromatic carbocycles. The SMILES string of the molecule is COc1ccccc1Nc1ccnc(C(=O)NCCc2cccc(Cl)c2)c1. The Bertz CT molecular complexity index is 931. The van der Waals surface area contributed by atoms with Gasteiger partial charge >= 0.3 is 0 Å². The van der Waals surface area contributed by atoms with Gasteiger partial charge in [-0.25, -0.2) is 0 Å². The molecule has 3 rings (SSSR count). The first-order valence-electron chi connectivity index (χ1n) is 8.54. The van der Waals surface area contributed by atoms with Gasteiger partial charge in [0.1, 0.15) is 11.4 Å². The van der Waals surface area contributed by atoms with Crippen molar-refractivity contribution in [3.63, 3.8) is 0 Å². The minimum Gasteiger partial charge on any atom is -0.495 e. The lowest BCUT2D eigenvalue weighted by molar-refractivity contribution is 0.0949. The molecule has 5 nitrogen and oxygen atoms in total. The standard InChI is InChI=1S/C21H20ClN3O2/c1-27-20-8-3-2-7-18(20)25-17-10-12-23-19(14-17)21(26)24-11-9-15-5-4-6-16(22)13-15/h2-8,10,12-14H,9,11H2,1H3,(H,23,25)(H,24,26). The average molecular weight is 382 g/mol. The van der Waals surface area contributed by atoms with Gasteiger partial charge in [-0.2, -0.15) is 0 Å². The first-order valence-corrected chi connectivity index (χ1v) is 8.92. The number of benzene rings is 2. The molecule has 1 amide bonds. The number of para-hydroxylation sites is 2. The average Bonchev–Trinajstić information content (AvgIpc) is 2.68. The number of pyridine rings is 1. The van der Waals surface area contributed by atoms with E-state index in [4.69, 9.17) is 16.3 Å². The maximum Gasteiger partial charge on any atom is 0.269 e. The number of anilines is 2. The van der Waals surface area contributed by atoms with Crippen LogP contribution < -0.4 is 15.4 Å². The summed E-state index contributed by atoms with van der Waals surface area (Å²) in [4.78, 5) is 16.5. The zero-order valence-electron chi connectivity index (χ0n) is 14.9. The normalized spacial score (nSPS) is 10.3. The second kappa shape index (κ2) is 9.05. The van der Waals surface area contributed by atoms with Crippen LogP contribution in [-0.4, -0.2) is 24.5 Å². The molecule has 3 aromatic rings. The van der Waals surface area contributed by atoms with Crippen LogP contribution in [0.3, 0.4) is 0 Å². The second-order valence-electron chi connectivity index (χ2n) is 5.89. The van der Waals surface area contributed by atoms with Crippen molar-refractivity contribution in [2.45, 2.75) is 6.42 Å². The molecule has 0 aliphatic heterocycles. The van der Waals surface area contributed by atoms with Crippen molar-refractivity contribution in [3.8, 4) is 5.75 Å². The summed E-state index contributed by atoms with van der Waals surface area (Å²) in [6.45, 7) is 0.505. The Balaban J connectivity index is 1.61. The molecule has 27 heavy (non-hydrogen) atoms. The fraction of sp³-hybridized carbons (Fsp3) is 0.143. The van der Waals surface area contributed by atoms with Crippen molar-refractivity contribution in [3.05, 3.63) is 83.1 Å². The fourth-order valence-corrected chi connectivity index (χ4v) is 2.85. The van der Waals surface area contributed by atoms with Crippen molar-refractivity contribution in [2.75, 3.05) is 19.0 Å². The Hall–Kier alpha value is -3.05. The molecule has 0 atom stereocenters. The first kappa shape index (κ1) is 18.7. The maximum atomic E-state index is 12.4. The highest BCUT2D eigenvalue weighted by atomic mass is 35.5. The third-order valence-electron chi connectivity index (χ3n) is 3.97. The number of amides is 1. The molecule has 0 saturated heterocycles. The zero-order valence-corrected chi connectivity index (χ0v) is 15.7. The molecule has 1 aromatic heterocycles. The molecule has 0 unspecified atom stereocenters. The molecule has 0 spiro atoms. The zero-order chi connectivity index (χ0) is 19.1. The van der Waals surface area contributed by atoms with Crippen molar-refractivity contribution in [1.82, 2.24) is 10.3 Å². The molecule has 2 N–H and O–H groups in total. The maximum absolute atomic E-state index is 12.4. The number of nitrogens with zero attached hydrogens (tertiary/aromatic N) is 1. The van der Waals surface area contributed by atoms with E-state index in [9.17, 15) is 4.79 Å². The monoisotopic (exact) mass is 381 g/mol. The lowest BCUT2D eigenvalue weighted by Gasteiger charge is -2.11. The molecule has 6 heteroatoms. The number of hydrogen-bond donors (Lipinski definition) is 2. The van der Waals surface area contributed by atoms with Gasteiger partial charge in [-0.1, -0.05) is 35.9 Å². The molecule has 138 valence electrons. The van der Waals surface area contributed by atoms with Crippen LogP contribution in [0, 0.1) is 0 Å². The summed E-state index contributed by atoms with van der Waals surface area (Å²) >= 11 is 5.97. The Kier molecular flexibility index (Phi) is 6.28. The van der Waals surface area contributed by atoms with E-state index < -0.39 is 0 Å². The van der Waals surface area contributed by atoms with Crippen LogP contribution in [-0.2, 0) is 6.42 Å². The Morgan fingerprint density at radius 1 is 1.11 bits per heavy atom. The molecule has 0 aliphatic rings. The minimum atomic E-state index is -0.222. The van der Waals surface area contributed by atoms with E-state index in [1.54, 1.807) is 25.4 Å². The van der Waals surface area contributed by atoms with Gasteiger partial charge in [0.25, 0.3) is 5.91 Å². The van der Waals surface area contributed by atoms with E-state index in [1.165, 1.54) is 0 Å². The van der Waals surface area contributed by atoms with E-state index >= 15 is 0 Å². The van der Waals surface area contributed by atoms with Gasteiger partial charge in [-0.05, 0) is 48.4 Å². The number of methoxy groups -OCH3 is 1. The highest BCUT2D eigenvalue weighted by molar-refractivity contribution is 6.30. The Morgan fingerprint density at radius 3 is 2.78 bits per heavy atom. The summed E-state index contributed by atoms with van der Waals surface area (Å²) in [7, 11) is 1.62. The predicted octanol–water partition coefficient (Wildman–Crippen LogP) is 4.46. The number of rotatable bonds is 7. The summed E-state index contributed by atoms with van der Waals surface area (Å²) in [5, 5.41) is 6.82. The number of carbonyl (C=O) groups is 1. The topological polar surface area (TPSA) is 63.2 Å². The molecule has 1 heterocycles. The van der Waals surface area contributed by atoms with Crippen LogP contribution in [0.2, 0.25) is 5.02 Å². The van der Waals surface area contributed by atoms with Gasteiger partial charge < -0.3 is 15.4 Å². The van der Waals surface area contributed by atoms with E-state index in [2.05, 4.69) is 15.6 Å². The Morgan fingerprint density at radius 2 is 1.96 bits per heavy atom. The second-order valence-corrected chi connectivity index (χ2v) is 6.33. The smallest absolute Gasteiger partial charge is 0.269 e. The molecular weight excluding hydrogens is 362 g/mol. The number of carbonyl (C=O) groups excluding carboxylic acids is 1. The molecule has 0 saturated carbocycles. The molecule has 0 aliphatic carbocycles. The molecule has 0 bridgehead atoms. The van der Waals surface area contributed by atoms with Gasteiger partial charge in [0.05, 0.1) is 12.8 Å². The van der Waals surface area contributed by atoms with Gasteiger partial charge in [0, 0.05) is 23.5 Å². The van der Waals surface area contributed by atoms with E-state index in [-0.39, 0.29) is 5.91 Å². The van der Waals surface area contributed by atoms with Crippen LogP contribution in [0.1, 0.15) is 16.1 Å². The van der Waals surface area contributed by atoms with Crippen LogP contribution in [0.25, 0.3) is 0 Å². The molecule has 0 fully saturated rings. The van der Waals surface area contributed by atoms with Crippen LogP contribution in [0.5, 0.6) is 5.75 Å². The fourth-order valence-electron chi connectivity index (χ4n) is 2.64. The van der Waals surface area contributed by atoms with E-state index in [1.807, 2.05) is 48.5 Å². The van der Waals surface area contributed by atoms with Crippen molar-refractivity contribution >= 4 is 28.9 Å². The van der Waals surface area contributed by atoms with E-state index in [0.717, 1.165) is 22.7 Å². The summed E-state index contributed by atoms with van der Waals surface area (Å²) in [6, 6.07) is 18.7. The third kappa shape index (κ3) is 5.21. The summed E-state index contributed by atoms with van der Waals surface area (Å²) in [5.41, 5.74) is 3.00.